The van der Waals surface area contributed by atoms with Crippen LogP contribution in [0.1, 0.15) is 66.2 Å². The molecule has 20 heavy (non-hydrogen) atoms. The highest BCUT2D eigenvalue weighted by atomic mass is 31.2. The molecule has 7 heteroatoms. The summed E-state index contributed by atoms with van der Waals surface area (Å²) in [4.78, 5) is 18.1. The van der Waals surface area contributed by atoms with E-state index in [9.17, 15) is 9.77 Å². The van der Waals surface area contributed by atoms with Crippen LogP contribution in [0.2, 0.25) is 0 Å². The molecule has 6 nitrogen and oxygen atoms in total. The van der Waals surface area contributed by atoms with Gasteiger partial charge in [0.25, 0.3) is 0 Å². The standard InChI is InChI=1S/C13H27NO5P/c1-5-12(6-2)9-11(19-20(16,17)18)10-13(7-3,8-4)14(12)15/h11H,5-10H2,1-4H3,(H2,16,17,18). The molecule has 119 valence electrons. The van der Waals surface area contributed by atoms with Crippen molar-refractivity contribution in [2.24, 2.45) is 0 Å². The van der Waals surface area contributed by atoms with Crippen LogP contribution in [-0.4, -0.2) is 32.0 Å². The minimum absolute atomic E-state index is 0.371. The van der Waals surface area contributed by atoms with E-state index in [1.54, 1.807) is 0 Å². The molecule has 0 aromatic rings. The lowest BCUT2D eigenvalue weighted by molar-refractivity contribution is -0.318. The lowest BCUT2D eigenvalue weighted by atomic mass is 9.72. The molecule has 1 heterocycles. The van der Waals surface area contributed by atoms with Gasteiger partial charge in [-0.05, 0) is 38.5 Å². The van der Waals surface area contributed by atoms with Gasteiger partial charge < -0.3 is 9.79 Å². The number of nitrogens with zero attached hydrogens (tertiary/aromatic N) is 1. The van der Waals surface area contributed by atoms with Gasteiger partial charge in [0, 0.05) is 0 Å². The van der Waals surface area contributed by atoms with Crippen molar-refractivity contribution in [1.82, 2.24) is 5.06 Å². The number of hydrogen-bond donors (Lipinski definition) is 2. The molecule has 2 N–H and O–H groups in total. The maximum Gasteiger partial charge on any atom is 0.469 e. The van der Waals surface area contributed by atoms with Crippen LogP contribution < -0.4 is 0 Å². The molecular formula is C13H27NO5P. The molecule has 0 bridgehead atoms. The minimum Gasteiger partial charge on any atom is -0.303 e. The van der Waals surface area contributed by atoms with Crippen molar-refractivity contribution in [3.63, 3.8) is 0 Å². The molecular weight excluding hydrogens is 281 g/mol. The predicted molar refractivity (Wildman–Crippen MR) is 75.3 cm³/mol. The fraction of sp³-hybridized carbons (Fsp3) is 1.00. The second-order valence-electron chi connectivity index (χ2n) is 5.78. The quantitative estimate of drug-likeness (QED) is 0.736. The van der Waals surface area contributed by atoms with Crippen molar-refractivity contribution in [2.45, 2.75) is 83.4 Å². The zero-order valence-electron chi connectivity index (χ0n) is 12.8. The molecule has 1 radical (unpaired) electrons. The van der Waals surface area contributed by atoms with Crippen LogP contribution in [0.15, 0.2) is 0 Å². The third-order valence-corrected chi connectivity index (χ3v) is 5.57. The molecule has 1 aliphatic rings. The van der Waals surface area contributed by atoms with E-state index in [1.165, 1.54) is 5.06 Å². The first-order valence-corrected chi connectivity index (χ1v) is 8.93. The third kappa shape index (κ3) is 3.43. The van der Waals surface area contributed by atoms with Gasteiger partial charge in [-0.15, -0.1) is 10.3 Å². The number of hydrogen-bond acceptors (Lipinski definition) is 3. The van der Waals surface area contributed by atoms with Gasteiger partial charge in [0.2, 0.25) is 0 Å². The number of hydroxylamine groups is 2. The Kier molecular flexibility index (Phi) is 5.81. The molecule has 0 aromatic carbocycles. The van der Waals surface area contributed by atoms with Crippen molar-refractivity contribution in [1.29, 1.82) is 0 Å². The van der Waals surface area contributed by atoms with Gasteiger partial charge in [0.05, 0.1) is 17.2 Å². The number of phosphoric ester groups is 1. The Balaban J connectivity index is 3.13. The van der Waals surface area contributed by atoms with E-state index in [0.29, 0.717) is 38.5 Å². The summed E-state index contributed by atoms with van der Waals surface area (Å²) in [6, 6.07) is 0. The SMILES string of the molecule is CCC1(CC)CC(OP(=O)(O)O)CC(CC)(CC)N1[O]. The second-order valence-corrected chi connectivity index (χ2v) is 6.98. The summed E-state index contributed by atoms with van der Waals surface area (Å²) in [5.74, 6) is 0. The first-order valence-electron chi connectivity index (χ1n) is 7.40. The Hall–Kier alpha value is 0.0300. The average Bonchev–Trinajstić information content (AvgIpc) is 2.39. The zero-order valence-corrected chi connectivity index (χ0v) is 13.7. The van der Waals surface area contributed by atoms with Crippen molar-refractivity contribution in [3.05, 3.63) is 0 Å². The molecule has 0 spiro atoms. The van der Waals surface area contributed by atoms with E-state index in [1.807, 2.05) is 27.7 Å². The normalized spacial score (nSPS) is 23.9. The zero-order chi connectivity index (χ0) is 15.6. The van der Waals surface area contributed by atoms with Gasteiger partial charge in [-0.2, -0.15) is 0 Å². The maximum absolute atomic E-state index is 12.9. The second kappa shape index (κ2) is 6.42. The Bertz CT molecular complexity index is 340. The summed E-state index contributed by atoms with van der Waals surface area (Å²) in [5.41, 5.74) is -1.19. The van der Waals surface area contributed by atoms with E-state index >= 15 is 0 Å². The fourth-order valence-corrected chi connectivity index (χ4v) is 4.05. The summed E-state index contributed by atoms with van der Waals surface area (Å²) in [6.07, 6.45) is 2.77. The maximum atomic E-state index is 12.9. The monoisotopic (exact) mass is 308 g/mol. The van der Waals surface area contributed by atoms with Crippen LogP contribution in [0.25, 0.3) is 0 Å². The molecule has 1 aliphatic heterocycles. The van der Waals surface area contributed by atoms with Crippen LogP contribution in [-0.2, 0) is 14.3 Å². The summed E-state index contributed by atoms with van der Waals surface area (Å²) >= 11 is 0. The van der Waals surface area contributed by atoms with Crippen molar-refractivity contribution < 1.29 is 24.1 Å². The highest BCUT2D eigenvalue weighted by Crippen LogP contribution is 2.49. The molecule has 0 amide bonds. The topological polar surface area (TPSA) is 89.9 Å². The van der Waals surface area contributed by atoms with Crippen molar-refractivity contribution >= 4 is 7.82 Å². The number of rotatable bonds is 6. The summed E-state index contributed by atoms with van der Waals surface area (Å²) in [5, 5.41) is 14.1. The van der Waals surface area contributed by atoms with Crippen LogP contribution in [0.5, 0.6) is 0 Å². The lowest BCUT2D eigenvalue weighted by Gasteiger charge is -2.54. The first kappa shape index (κ1) is 18.1. The summed E-state index contributed by atoms with van der Waals surface area (Å²) in [7, 11) is -4.53. The molecule has 1 rings (SSSR count). The predicted octanol–water partition coefficient (Wildman–Crippen LogP) is 3.02. The van der Waals surface area contributed by atoms with Gasteiger partial charge in [0.15, 0.2) is 0 Å². The molecule has 0 aliphatic carbocycles. The molecule has 1 saturated heterocycles. The van der Waals surface area contributed by atoms with Crippen LogP contribution >= 0.6 is 7.82 Å². The van der Waals surface area contributed by atoms with Crippen molar-refractivity contribution in [3.8, 4) is 0 Å². The molecule has 0 saturated carbocycles. The Morgan fingerprint density at radius 1 is 1.05 bits per heavy atom. The highest BCUT2D eigenvalue weighted by molar-refractivity contribution is 7.46. The molecule has 1 fully saturated rings. The van der Waals surface area contributed by atoms with E-state index in [2.05, 4.69) is 0 Å². The van der Waals surface area contributed by atoms with Gasteiger partial charge in [-0.1, -0.05) is 27.7 Å². The minimum atomic E-state index is -4.53. The van der Waals surface area contributed by atoms with E-state index in [4.69, 9.17) is 14.3 Å². The molecule has 0 unspecified atom stereocenters. The van der Waals surface area contributed by atoms with Gasteiger partial charge in [-0.3, -0.25) is 4.52 Å². The first-order chi connectivity index (χ1) is 9.18. The average molecular weight is 308 g/mol. The number of phosphoric acid groups is 1. The molecule has 0 aromatic heterocycles. The van der Waals surface area contributed by atoms with Crippen molar-refractivity contribution in [2.75, 3.05) is 0 Å². The van der Waals surface area contributed by atoms with Gasteiger partial charge >= 0.3 is 7.82 Å². The van der Waals surface area contributed by atoms with E-state index < -0.39 is 25.0 Å². The Morgan fingerprint density at radius 3 is 1.65 bits per heavy atom. The Morgan fingerprint density at radius 2 is 1.40 bits per heavy atom. The van der Waals surface area contributed by atoms with E-state index in [-0.39, 0.29) is 0 Å². The van der Waals surface area contributed by atoms with Crippen LogP contribution in [0.4, 0.5) is 0 Å². The molecule has 0 atom stereocenters. The van der Waals surface area contributed by atoms with E-state index in [0.717, 1.165) is 0 Å². The van der Waals surface area contributed by atoms with Gasteiger partial charge in [0.1, 0.15) is 0 Å². The largest absolute Gasteiger partial charge is 0.469 e. The fourth-order valence-electron chi connectivity index (χ4n) is 3.51. The summed E-state index contributed by atoms with van der Waals surface area (Å²) in [6.45, 7) is 7.80. The van der Waals surface area contributed by atoms with Gasteiger partial charge in [-0.25, -0.2) is 4.57 Å². The smallest absolute Gasteiger partial charge is 0.303 e. The summed E-state index contributed by atoms with van der Waals surface area (Å²) < 4.78 is 16.1. The number of piperidine rings is 1. The highest BCUT2D eigenvalue weighted by Gasteiger charge is 2.53. The van der Waals surface area contributed by atoms with Crippen LogP contribution in [0, 0.1) is 0 Å². The lowest BCUT2D eigenvalue weighted by Crippen LogP contribution is -2.64. The van der Waals surface area contributed by atoms with Crippen LogP contribution in [0.3, 0.4) is 0 Å². The Labute approximate surface area is 121 Å². The third-order valence-electron chi connectivity index (χ3n) is 5.00.